The number of ether oxygens (including phenoxy) is 1. The van der Waals surface area contributed by atoms with Gasteiger partial charge in [0, 0.05) is 28.6 Å². The largest absolute Gasteiger partial charge is 0.453 e. The van der Waals surface area contributed by atoms with E-state index in [0.717, 1.165) is 29.3 Å². The van der Waals surface area contributed by atoms with E-state index in [2.05, 4.69) is 4.98 Å². The number of hydrogen-bond acceptors (Lipinski definition) is 2. The van der Waals surface area contributed by atoms with Gasteiger partial charge in [-0.1, -0.05) is 24.3 Å². The van der Waals surface area contributed by atoms with Gasteiger partial charge in [0.25, 0.3) is 0 Å². The summed E-state index contributed by atoms with van der Waals surface area (Å²) in [5.41, 5.74) is 2.34. The van der Waals surface area contributed by atoms with Crippen LogP contribution in [0.2, 0.25) is 0 Å². The molecule has 2 heterocycles. The summed E-state index contributed by atoms with van der Waals surface area (Å²) in [5, 5.41) is 1.05. The molecule has 2 aliphatic rings. The maximum absolute atomic E-state index is 14.7. The topological polar surface area (TPSA) is 45.3 Å². The molecule has 1 aliphatic carbocycles. The van der Waals surface area contributed by atoms with Crippen LogP contribution in [0.4, 0.5) is 13.6 Å². The van der Waals surface area contributed by atoms with Crippen LogP contribution >= 0.6 is 0 Å². The molecule has 1 atom stereocenters. The SMILES string of the molecule is COC(=O)N1CC2(CC2)c2c([nH]c3ccccc23)C1c1c(F)cccc1F. The summed E-state index contributed by atoms with van der Waals surface area (Å²) in [5.74, 6) is -1.35. The molecule has 4 nitrogen and oxygen atoms in total. The summed E-state index contributed by atoms with van der Waals surface area (Å²) in [4.78, 5) is 17.4. The van der Waals surface area contributed by atoms with Crippen molar-refractivity contribution in [3.05, 3.63) is 70.9 Å². The van der Waals surface area contributed by atoms with Gasteiger partial charge in [-0.25, -0.2) is 13.6 Å². The number of benzene rings is 2. The Morgan fingerprint density at radius 3 is 2.52 bits per heavy atom. The summed E-state index contributed by atoms with van der Waals surface area (Å²) in [7, 11) is 1.29. The van der Waals surface area contributed by atoms with Gasteiger partial charge in [0.1, 0.15) is 17.7 Å². The zero-order valence-electron chi connectivity index (χ0n) is 14.8. The van der Waals surface area contributed by atoms with Gasteiger partial charge in [-0.2, -0.15) is 0 Å². The fourth-order valence-electron chi connectivity index (χ4n) is 4.51. The molecule has 1 N–H and O–H groups in total. The van der Waals surface area contributed by atoms with Crippen LogP contribution in [-0.4, -0.2) is 29.6 Å². The molecular weight excluding hydrogens is 350 g/mol. The van der Waals surface area contributed by atoms with Crippen molar-refractivity contribution in [2.45, 2.75) is 24.3 Å². The minimum atomic E-state index is -0.896. The number of H-pyrrole nitrogens is 1. The second kappa shape index (κ2) is 5.55. The van der Waals surface area contributed by atoms with E-state index in [1.54, 1.807) is 0 Å². The number of carbonyl (C=O) groups excluding carboxylic acids is 1. The molecule has 2 aromatic carbocycles. The number of nitrogens with one attached hydrogen (secondary N) is 1. The van der Waals surface area contributed by atoms with Gasteiger partial charge in [-0.15, -0.1) is 0 Å². The van der Waals surface area contributed by atoms with Crippen LogP contribution in [-0.2, 0) is 10.2 Å². The van der Waals surface area contributed by atoms with E-state index in [1.807, 2.05) is 24.3 Å². The lowest BCUT2D eigenvalue weighted by Gasteiger charge is -2.39. The number of halogens is 2. The highest BCUT2D eigenvalue weighted by Crippen LogP contribution is 2.58. The average Bonchev–Trinajstić information content (AvgIpc) is 3.31. The third-order valence-corrected chi connectivity index (χ3v) is 5.86. The number of carbonyl (C=O) groups is 1. The molecule has 6 heteroatoms. The van der Waals surface area contributed by atoms with Gasteiger partial charge < -0.3 is 9.72 Å². The van der Waals surface area contributed by atoms with Crippen LogP contribution in [0, 0.1) is 11.6 Å². The van der Waals surface area contributed by atoms with Crippen LogP contribution in [0.3, 0.4) is 0 Å². The van der Waals surface area contributed by atoms with E-state index in [4.69, 9.17) is 4.74 Å². The van der Waals surface area contributed by atoms with Gasteiger partial charge >= 0.3 is 6.09 Å². The summed E-state index contributed by atoms with van der Waals surface area (Å²) >= 11 is 0. The lowest BCUT2D eigenvalue weighted by Crippen LogP contribution is -2.45. The molecule has 3 aromatic rings. The molecule has 1 fully saturated rings. The summed E-state index contributed by atoms with van der Waals surface area (Å²) in [6.45, 7) is 0.382. The first-order valence-electron chi connectivity index (χ1n) is 8.95. The molecule has 0 saturated heterocycles. The number of fused-ring (bicyclic) bond motifs is 4. The lowest BCUT2D eigenvalue weighted by molar-refractivity contribution is 0.0993. The Morgan fingerprint density at radius 2 is 1.85 bits per heavy atom. The third kappa shape index (κ3) is 2.22. The van der Waals surface area contributed by atoms with E-state index >= 15 is 0 Å². The minimum absolute atomic E-state index is 0.133. The van der Waals surface area contributed by atoms with Crippen molar-refractivity contribution < 1.29 is 18.3 Å². The summed E-state index contributed by atoms with van der Waals surface area (Å²) in [6, 6.07) is 10.7. The van der Waals surface area contributed by atoms with E-state index in [1.165, 1.54) is 30.2 Å². The Balaban J connectivity index is 1.82. The second-order valence-electron chi connectivity index (χ2n) is 7.38. The number of amides is 1. The number of para-hydroxylation sites is 1. The highest BCUT2D eigenvalue weighted by atomic mass is 19.1. The first-order chi connectivity index (χ1) is 13.1. The molecule has 1 aliphatic heterocycles. The highest BCUT2D eigenvalue weighted by Gasteiger charge is 2.55. The maximum Gasteiger partial charge on any atom is 0.410 e. The number of aromatic nitrogens is 1. The molecule has 27 heavy (non-hydrogen) atoms. The number of rotatable bonds is 1. The molecule has 1 aromatic heterocycles. The van der Waals surface area contributed by atoms with Crippen molar-refractivity contribution in [2.75, 3.05) is 13.7 Å². The minimum Gasteiger partial charge on any atom is -0.453 e. The fraction of sp³-hybridized carbons (Fsp3) is 0.286. The van der Waals surface area contributed by atoms with Crippen LogP contribution < -0.4 is 0 Å². The Hall–Kier alpha value is -2.89. The smallest absolute Gasteiger partial charge is 0.410 e. The number of methoxy groups -OCH3 is 1. The Morgan fingerprint density at radius 1 is 1.15 bits per heavy atom. The molecule has 1 spiro atoms. The van der Waals surface area contributed by atoms with Gasteiger partial charge in [0.05, 0.1) is 12.7 Å². The number of hydrogen-bond donors (Lipinski definition) is 1. The van der Waals surface area contributed by atoms with Crippen molar-refractivity contribution in [2.24, 2.45) is 0 Å². The van der Waals surface area contributed by atoms with Crippen molar-refractivity contribution in [1.29, 1.82) is 0 Å². The third-order valence-electron chi connectivity index (χ3n) is 5.86. The van der Waals surface area contributed by atoms with Gasteiger partial charge in [-0.3, -0.25) is 4.90 Å². The van der Waals surface area contributed by atoms with E-state index in [9.17, 15) is 13.6 Å². The lowest BCUT2D eigenvalue weighted by atomic mass is 9.83. The van der Waals surface area contributed by atoms with E-state index in [0.29, 0.717) is 12.2 Å². The predicted octanol–water partition coefficient (Wildman–Crippen LogP) is 4.65. The van der Waals surface area contributed by atoms with E-state index in [-0.39, 0.29) is 11.0 Å². The summed E-state index contributed by atoms with van der Waals surface area (Å²) < 4.78 is 34.4. The molecule has 1 amide bonds. The normalized spacial score (nSPS) is 20.0. The maximum atomic E-state index is 14.7. The second-order valence-corrected chi connectivity index (χ2v) is 7.38. The van der Waals surface area contributed by atoms with Gasteiger partial charge in [0.15, 0.2) is 0 Å². The van der Waals surface area contributed by atoms with Crippen molar-refractivity contribution in [3.8, 4) is 0 Å². The molecule has 5 rings (SSSR count). The Kier molecular flexibility index (Phi) is 3.35. The van der Waals surface area contributed by atoms with Gasteiger partial charge in [0.2, 0.25) is 0 Å². The number of nitrogens with zero attached hydrogens (tertiary/aromatic N) is 1. The quantitative estimate of drug-likeness (QED) is 0.680. The Bertz CT molecular complexity index is 1050. The van der Waals surface area contributed by atoms with Gasteiger partial charge in [-0.05, 0) is 36.6 Å². The molecule has 0 bridgehead atoms. The average molecular weight is 368 g/mol. The molecule has 0 radical (unpaired) electrons. The molecular formula is C21H18F2N2O2. The highest BCUT2D eigenvalue weighted by molar-refractivity contribution is 5.88. The summed E-state index contributed by atoms with van der Waals surface area (Å²) in [6.07, 6.45) is 1.28. The molecule has 1 saturated carbocycles. The first kappa shape index (κ1) is 16.3. The zero-order valence-corrected chi connectivity index (χ0v) is 14.8. The van der Waals surface area contributed by atoms with Crippen molar-refractivity contribution in [1.82, 2.24) is 9.88 Å². The molecule has 1 unspecified atom stereocenters. The monoisotopic (exact) mass is 368 g/mol. The predicted molar refractivity (Wildman–Crippen MR) is 96.5 cm³/mol. The number of aromatic amines is 1. The van der Waals surface area contributed by atoms with Crippen molar-refractivity contribution >= 4 is 17.0 Å². The van der Waals surface area contributed by atoms with Crippen LogP contribution in [0.15, 0.2) is 42.5 Å². The van der Waals surface area contributed by atoms with E-state index < -0.39 is 23.8 Å². The first-order valence-corrected chi connectivity index (χ1v) is 8.95. The zero-order chi connectivity index (χ0) is 18.8. The Labute approximate surface area is 154 Å². The van der Waals surface area contributed by atoms with Crippen molar-refractivity contribution in [3.63, 3.8) is 0 Å². The molecule has 138 valence electrons. The van der Waals surface area contributed by atoms with Crippen LogP contribution in [0.1, 0.15) is 35.7 Å². The standard InChI is InChI=1S/C21H18F2N2O2/c1-27-20(26)25-11-21(9-10-21)17-12-5-2-3-8-15(12)24-18(17)19(25)16-13(22)6-4-7-14(16)23/h2-8,19,24H,9-11H2,1H3. The van der Waals surface area contributed by atoms with Crippen LogP contribution in [0.25, 0.3) is 10.9 Å². The van der Waals surface area contributed by atoms with Crippen LogP contribution in [0.5, 0.6) is 0 Å². The fourth-order valence-corrected chi connectivity index (χ4v) is 4.51.